The van der Waals surface area contributed by atoms with Gasteiger partial charge in [0.25, 0.3) is 0 Å². The van der Waals surface area contributed by atoms with Crippen LogP contribution in [0, 0.1) is 0 Å². The van der Waals surface area contributed by atoms with Crippen LogP contribution in [0.2, 0.25) is 0 Å². The summed E-state index contributed by atoms with van der Waals surface area (Å²) in [6.45, 7) is 5.33. The van der Waals surface area contributed by atoms with Crippen LogP contribution >= 0.6 is 0 Å². The van der Waals surface area contributed by atoms with Crippen molar-refractivity contribution in [2.45, 2.75) is 31.8 Å². The van der Waals surface area contributed by atoms with Crippen LogP contribution in [0.5, 0.6) is 5.75 Å². The molecule has 1 atom stereocenters. The number of nitrogens with one attached hydrogen (secondary N) is 1. The van der Waals surface area contributed by atoms with Crippen molar-refractivity contribution in [3.05, 3.63) is 73.1 Å². The second-order valence-corrected chi connectivity index (χ2v) is 9.86. The largest absolute Gasteiger partial charge is 0.494 e. The first-order valence-corrected chi connectivity index (χ1v) is 13.3. The van der Waals surface area contributed by atoms with Crippen molar-refractivity contribution >= 4 is 34.0 Å². The molecule has 3 heterocycles. The summed E-state index contributed by atoms with van der Waals surface area (Å²) in [5, 5.41) is 4.54. The summed E-state index contributed by atoms with van der Waals surface area (Å²) in [4.78, 5) is 23.6. The predicted molar refractivity (Wildman–Crippen MR) is 156 cm³/mol. The van der Waals surface area contributed by atoms with E-state index < -0.39 is 0 Å². The number of carbonyl (C=O) groups excluding carboxylic acids is 1. The number of ether oxygens (including phenoxy) is 2. The molecule has 39 heavy (non-hydrogen) atoms. The molecule has 2 aromatic carbocycles. The van der Waals surface area contributed by atoms with Crippen LogP contribution in [0.3, 0.4) is 0 Å². The molecule has 1 aliphatic rings. The topological polar surface area (TPSA) is 81.5 Å². The molecular weight excluding hydrogens is 490 g/mol. The number of hydrogen-bond acceptors (Lipinski definition) is 7. The lowest BCUT2D eigenvalue weighted by molar-refractivity contribution is -0.114. The van der Waals surface area contributed by atoms with E-state index in [-0.39, 0.29) is 11.9 Å². The molecule has 4 aromatic rings. The Labute approximate surface area is 229 Å². The number of allylic oxidation sites excluding steroid dienone is 1. The van der Waals surface area contributed by atoms with E-state index in [0.29, 0.717) is 18.1 Å². The van der Waals surface area contributed by atoms with E-state index in [4.69, 9.17) is 14.5 Å². The molecule has 0 saturated carbocycles. The van der Waals surface area contributed by atoms with E-state index in [0.717, 1.165) is 71.5 Å². The molecule has 0 spiro atoms. The first kappa shape index (κ1) is 26.4. The van der Waals surface area contributed by atoms with Gasteiger partial charge in [-0.25, -0.2) is 9.97 Å². The van der Waals surface area contributed by atoms with Gasteiger partial charge in [0.2, 0.25) is 5.95 Å². The fourth-order valence-corrected chi connectivity index (χ4v) is 5.30. The van der Waals surface area contributed by atoms with Gasteiger partial charge >= 0.3 is 0 Å². The Morgan fingerprint density at radius 2 is 2.08 bits per heavy atom. The van der Waals surface area contributed by atoms with E-state index in [1.807, 2.05) is 25.2 Å². The van der Waals surface area contributed by atoms with Crippen LogP contribution in [0.1, 0.15) is 24.8 Å². The molecule has 1 unspecified atom stereocenters. The van der Waals surface area contributed by atoms with Gasteiger partial charge in [-0.1, -0.05) is 24.8 Å². The number of aryl methyl sites for hydroxylation is 2. The van der Waals surface area contributed by atoms with Gasteiger partial charge in [0.15, 0.2) is 5.78 Å². The first-order chi connectivity index (χ1) is 19.0. The maximum Gasteiger partial charge on any atom is 0.227 e. The maximum atomic E-state index is 11.9. The minimum absolute atomic E-state index is 0.0580. The lowest BCUT2D eigenvalue weighted by Crippen LogP contribution is -2.23. The standard InChI is InChI=1S/C31H35N5O3/c1-5-22(37)10-8-9-21-17-27(30(39-4)18-29(21)36-16-14-23(19-36)38-3)34-31-32-15-13-26(33-31)25-20-35(2)28-12-7-6-11-24(25)28/h5-7,11-13,15,17-18,20,23H,1,8-10,14,16,19H2,2-4H3,(H,32,33,34). The molecule has 1 aliphatic heterocycles. The molecule has 0 radical (unpaired) electrons. The second-order valence-electron chi connectivity index (χ2n) is 9.86. The van der Waals surface area contributed by atoms with E-state index >= 15 is 0 Å². The van der Waals surface area contributed by atoms with Gasteiger partial charge < -0.3 is 24.3 Å². The lowest BCUT2D eigenvalue weighted by atomic mass is 10.0. The van der Waals surface area contributed by atoms with Crippen molar-refractivity contribution in [1.82, 2.24) is 14.5 Å². The quantitative estimate of drug-likeness (QED) is 0.252. The summed E-state index contributed by atoms with van der Waals surface area (Å²) < 4.78 is 13.5. The Hall–Kier alpha value is -4.17. The van der Waals surface area contributed by atoms with Crippen LogP contribution in [-0.2, 0) is 23.0 Å². The second kappa shape index (κ2) is 11.7. The molecule has 1 fully saturated rings. The molecular formula is C31H35N5O3. The molecule has 8 nitrogen and oxygen atoms in total. The first-order valence-electron chi connectivity index (χ1n) is 13.3. The Kier molecular flexibility index (Phi) is 7.93. The Balaban J connectivity index is 1.47. The molecule has 8 heteroatoms. The van der Waals surface area contributed by atoms with Crippen molar-refractivity contribution < 1.29 is 14.3 Å². The van der Waals surface area contributed by atoms with E-state index in [2.05, 4.69) is 56.8 Å². The molecule has 0 aliphatic carbocycles. The summed E-state index contributed by atoms with van der Waals surface area (Å²) in [5.74, 6) is 1.25. The third kappa shape index (κ3) is 5.66. The monoisotopic (exact) mass is 525 g/mol. The maximum absolute atomic E-state index is 11.9. The SMILES string of the molecule is C=CC(=O)CCCc1cc(Nc2nccc(-c3cn(C)c4ccccc34)n2)c(OC)cc1N1CCC(OC)C1. The average Bonchev–Trinajstić information content (AvgIpc) is 3.58. The summed E-state index contributed by atoms with van der Waals surface area (Å²) >= 11 is 0. The van der Waals surface area contributed by atoms with Gasteiger partial charge in [0.05, 0.1) is 24.6 Å². The summed E-state index contributed by atoms with van der Waals surface area (Å²) in [7, 11) is 5.47. The summed E-state index contributed by atoms with van der Waals surface area (Å²) in [6, 6.07) is 14.4. The van der Waals surface area contributed by atoms with Crippen LogP contribution in [0.15, 0.2) is 67.5 Å². The van der Waals surface area contributed by atoms with Gasteiger partial charge in [-0.15, -0.1) is 0 Å². The number of nitrogens with zero attached hydrogens (tertiary/aromatic N) is 4. The van der Waals surface area contributed by atoms with Crippen molar-refractivity contribution in [3.63, 3.8) is 0 Å². The Bertz CT molecular complexity index is 1500. The number of rotatable bonds is 11. The number of methoxy groups -OCH3 is 2. The van der Waals surface area contributed by atoms with Crippen molar-refractivity contribution in [3.8, 4) is 17.0 Å². The Morgan fingerprint density at radius 1 is 1.23 bits per heavy atom. The minimum atomic E-state index is 0.0580. The van der Waals surface area contributed by atoms with Crippen molar-refractivity contribution in [1.29, 1.82) is 0 Å². The number of aromatic nitrogens is 3. The molecule has 202 valence electrons. The molecule has 0 bridgehead atoms. The fraction of sp³-hybridized carbons (Fsp3) is 0.323. The molecule has 1 N–H and O–H groups in total. The zero-order valence-electron chi connectivity index (χ0n) is 22.8. The lowest BCUT2D eigenvalue weighted by Gasteiger charge is -2.24. The van der Waals surface area contributed by atoms with E-state index in [9.17, 15) is 4.79 Å². The molecule has 5 rings (SSSR count). The van der Waals surface area contributed by atoms with Gasteiger partial charge in [-0.3, -0.25) is 4.79 Å². The number of ketones is 1. The van der Waals surface area contributed by atoms with Gasteiger partial charge in [0, 0.05) is 74.3 Å². The van der Waals surface area contributed by atoms with Gasteiger partial charge in [0.1, 0.15) is 5.75 Å². The predicted octanol–water partition coefficient (Wildman–Crippen LogP) is 5.69. The van der Waals surface area contributed by atoms with E-state index in [1.165, 1.54) is 6.08 Å². The van der Waals surface area contributed by atoms with Crippen LogP contribution in [-0.4, -0.2) is 53.7 Å². The zero-order valence-corrected chi connectivity index (χ0v) is 22.8. The minimum Gasteiger partial charge on any atom is -0.494 e. The highest BCUT2D eigenvalue weighted by Gasteiger charge is 2.25. The number of carbonyl (C=O) groups is 1. The molecule has 1 saturated heterocycles. The van der Waals surface area contributed by atoms with Crippen LogP contribution < -0.4 is 15.0 Å². The van der Waals surface area contributed by atoms with Gasteiger partial charge in [-0.2, -0.15) is 0 Å². The van der Waals surface area contributed by atoms with Gasteiger partial charge in [-0.05, 0) is 49.1 Å². The smallest absolute Gasteiger partial charge is 0.227 e. The third-order valence-corrected chi connectivity index (χ3v) is 7.39. The average molecular weight is 526 g/mol. The fourth-order valence-electron chi connectivity index (χ4n) is 5.30. The van der Waals surface area contributed by atoms with Crippen molar-refractivity contribution in [2.24, 2.45) is 7.05 Å². The highest BCUT2D eigenvalue weighted by molar-refractivity contribution is 5.95. The summed E-state index contributed by atoms with van der Waals surface area (Å²) in [5.41, 5.74) is 6.06. The normalized spacial score (nSPS) is 15.1. The number of fused-ring (bicyclic) bond motifs is 1. The highest BCUT2D eigenvalue weighted by Crippen LogP contribution is 2.38. The van der Waals surface area contributed by atoms with Crippen LogP contribution in [0.4, 0.5) is 17.3 Å². The molecule has 2 aromatic heterocycles. The third-order valence-electron chi connectivity index (χ3n) is 7.39. The zero-order chi connectivity index (χ0) is 27.4. The highest BCUT2D eigenvalue weighted by atomic mass is 16.5. The number of anilines is 3. The van der Waals surface area contributed by atoms with E-state index in [1.54, 1.807) is 20.4 Å². The number of hydrogen-bond donors (Lipinski definition) is 1. The number of benzene rings is 2. The summed E-state index contributed by atoms with van der Waals surface area (Å²) in [6.07, 6.45) is 8.39. The molecule has 0 amide bonds. The Morgan fingerprint density at radius 3 is 2.85 bits per heavy atom. The van der Waals surface area contributed by atoms with Crippen LogP contribution in [0.25, 0.3) is 22.2 Å². The van der Waals surface area contributed by atoms with Crippen molar-refractivity contribution in [2.75, 3.05) is 37.5 Å². The number of para-hydroxylation sites is 1.